The second kappa shape index (κ2) is 8.39. The van der Waals surface area contributed by atoms with Crippen LogP contribution in [0.2, 0.25) is 0 Å². The van der Waals surface area contributed by atoms with Crippen molar-refractivity contribution in [3.8, 4) is 11.8 Å². The number of hydrogen-bond acceptors (Lipinski definition) is 2. The van der Waals surface area contributed by atoms with Crippen molar-refractivity contribution in [2.75, 3.05) is 17.7 Å². The summed E-state index contributed by atoms with van der Waals surface area (Å²) in [6.07, 6.45) is 0. The number of nitriles is 1. The Morgan fingerprint density at radius 1 is 0.963 bits per heavy atom. The van der Waals surface area contributed by atoms with Crippen molar-refractivity contribution in [2.24, 2.45) is 0 Å². The highest BCUT2D eigenvalue weighted by atomic mass is 79.9. The van der Waals surface area contributed by atoms with Crippen molar-refractivity contribution in [3.05, 3.63) is 82.8 Å². The molecule has 6 heteroatoms. The minimum absolute atomic E-state index is 0.00180. The van der Waals surface area contributed by atoms with Crippen LogP contribution in [0, 0.1) is 11.3 Å². The van der Waals surface area contributed by atoms with Crippen LogP contribution in [0.4, 0.5) is 17.1 Å². The maximum absolute atomic E-state index is 10.3. The van der Waals surface area contributed by atoms with E-state index in [0.717, 1.165) is 15.8 Å². The van der Waals surface area contributed by atoms with Gasteiger partial charge >= 0.3 is 5.96 Å². The third-order valence-electron chi connectivity index (χ3n) is 3.99. The zero-order valence-electron chi connectivity index (χ0n) is 14.6. The number of nitrogens with zero attached hydrogens (tertiary/aromatic N) is 2. The maximum Gasteiger partial charge on any atom is 0.360 e. The first-order valence-electron chi connectivity index (χ1n) is 8.26. The molecule has 0 heterocycles. The van der Waals surface area contributed by atoms with Crippen LogP contribution in [-0.2, 0) is 0 Å². The quantitative estimate of drug-likeness (QED) is 0.244. The normalized spacial score (nSPS) is 11.3. The van der Waals surface area contributed by atoms with Crippen LogP contribution < -0.4 is 10.6 Å². The Morgan fingerprint density at radius 2 is 1.63 bits per heavy atom. The molecule has 0 spiro atoms. The number of anilines is 2. The smallest absolute Gasteiger partial charge is 0.360 e. The first-order chi connectivity index (χ1) is 13.1. The van der Waals surface area contributed by atoms with E-state index in [1.54, 1.807) is 12.1 Å². The van der Waals surface area contributed by atoms with E-state index in [0.29, 0.717) is 17.2 Å². The first-order valence-corrected chi connectivity index (χ1v) is 9.05. The van der Waals surface area contributed by atoms with Crippen molar-refractivity contribution < 1.29 is 9.68 Å². The summed E-state index contributed by atoms with van der Waals surface area (Å²) in [5.41, 5.74) is 2.73. The lowest BCUT2D eigenvalue weighted by Gasteiger charge is -2.13. The number of phenolic OH excluding ortho intramolecular Hbond substituents is 1. The topological polar surface area (TPSA) is 71.1 Å². The van der Waals surface area contributed by atoms with Crippen molar-refractivity contribution in [3.63, 3.8) is 0 Å². The Morgan fingerprint density at radius 3 is 2.30 bits per heavy atom. The molecular formula is C21H18BrN4O+. The summed E-state index contributed by atoms with van der Waals surface area (Å²) in [5.74, 6) is 0.648. The summed E-state index contributed by atoms with van der Waals surface area (Å²) in [5, 5.41) is 25.8. The lowest BCUT2D eigenvalue weighted by atomic mass is 10.2. The number of nitrogens with one attached hydrogen (secondary N) is 2. The molecule has 0 aliphatic rings. The van der Waals surface area contributed by atoms with Crippen molar-refractivity contribution in [1.29, 1.82) is 5.26 Å². The fraction of sp³-hybridized carbons (Fsp3) is 0.0476. The highest BCUT2D eigenvalue weighted by Gasteiger charge is 2.17. The van der Waals surface area contributed by atoms with Gasteiger partial charge in [0.15, 0.2) is 5.75 Å². The average Bonchev–Trinajstić information content (AvgIpc) is 2.70. The number of aromatic hydroxyl groups is 1. The molecule has 3 aromatic carbocycles. The molecule has 0 atom stereocenters. The van der Waals surface area contributed by atoms with Gasteiger partial charge in [0.1, 0.15) is 17.1 Å². The molecule has 27 heavy (non-hydrogen) atoms. The van der Waals surface area contributed by atoms with Gasteiger partial charge in [0, 0.05) is 6.07 Å². The van der Waals surface area contributed by atoms with Crippen LogP contribution in [-0.4, -0.2) is 22.7 Å². The molecule has 0 radical (unpaired) electrons. The molecule has 0 saturated heterocycles. The molecule has 0 saturated carbocycles. The van der Waals surface area contributed by atoms with E-state index in [1.807, 2.05) is 72.3 Å². The van der Waals surface area contributed by atoms with Crippen molar-refractivity contribution in [2.45, 2.75) is 0 Å². The number of phenols is 1. The van der Waals surface area contributed by atoms with Gasteiger partial charge in [-0.05, 0) is 52.3 Å². The third-order valence-corrected chi connectivity index (χ3v) is 4.68. The highest BCUT2D eigenvalue weighted by molar-refractivity contribution is 9.10. The second-order valence-electron chi connectivity index (χ2n) is 5.82. The molecule has 0 aromatic heterocycles. The predicted molar refractivity (Wildman–Crippen MR) is 112 cm³/mol. The molecule has 0 unspecified atom stereocenters. The van der Waals surface area contributed by atoms with E-state index in [1.165, 1.54) is 6.07 Å². The Kier molecular flexibility index (Phi) is 5.74. The molecule has 3 aromatic rings. The Labute approximate surface area is 166 Å². The maximum atomic E-state index is 10.3. The summed E-state index contributed by atoms with van der Waals surface area (Å²) >= 11 is 3.54. The minimum atomic E-state index is 0.00180. The van der Waals surface area contributed by atoms with Crippen LogP contribution in [0.15, 0.2) is 77.3 Å². The summed E-state index contributed by atoms with van der Waals surface area (Å²) in [4.78, 5) is 0. The summed E-state index contributed by atoms with van der Waals surface area (Å²) < 4.78 is 2.85. The van der Waals surface area contributed by atoms with Gasteiger partial charge in [-0.25, -0.2) is 15.2 Å². The molecule has 3 rings (SSSR count). The van der Waals surface area contributed by atoms with Crippen LogP contribution >= 0.6 is 15.9 Å². The van der Waals surface area contributed by atoms with Crippen LogP contribution in [0.3, 0.4) is 0 Å². The van der Waals surface area contributed by atoms with Crippen LogP contribution in [0.25, 0.3) is 0 Å². The molecule has 0 amide bonds. The Balaban J connectivity index is 2.03. The molecule has 0 bridgehead atoms. The lowest BCUT2D eigenvalue weighted by molar-refractivity contribution is -0.405. The van der Waals surface area contributed by atoms with Gasteiger partial charge in [-0.3, -0.25) is 0 Å². The molecule has 134 valence electrons. The van der Waals surface area contributed by atoms with Crippen molar-refractivity contribution in [1.82, 2.24) is 0 Å². The SMILES string of the molecule is C[N+](=C(Nc1ccc(C#N)cc1O)Nc1ccccc1Br)c1ccccc1. The van der Waals surface area contributed by atoms with E-state index in [2.05, 4.69) is 26.6 Å². The van der Waals surface area contributed by atoms with E-state index in [-0.39, 0.29) is 5.75 Å². The predicted octanol–water partition coefficient (Wildman–Crippen LogP) is 4.88. The number of hydrogen-bond donors (Lipinski definition) is 3. The van der Waals surface area contributed by atoms with E-state index in [4.69, 9.17) is 5.26 Å². The number of halogens is 1. The van der Waals surface area contributed by atoms with Gasteiger partial charge in [0.05, 0.1) is 23.2 Å². The Hall–Kier alpha value is -3.30. The second-order valence-corrected chi connectivity index (χ2v) is 6.67. The van der Waals surface area contributed by atoms with E-state index in [9.17, 15) is 5.11 Å². The zero-order chi connectivity index (χ0) is 19.2. The standard InChI is InChI=1S/C21H17BrN4O/c1-26(16-7-3-2-4-8-16)21(24-18-10-6-5-9-17(18)22)25-19-12-11-15(14-23)13-20(19)27/h2-13H,1H3,(H2,24,25,27)/p+1. The highest BCUT2D eigenvalue weighted by Crippen LogP contribution is 2.26. The van der Waals surface area contributed by atoms with Gasteiger partial charge in [0.25, 0.3) is 0 Å². The fourth-order valence-corrected chi connectivity index (χ4v) is 2.89. The minimum Gasteiger partial charge on any atom is -0.504 e. The average molecular weight is 422 g/mol. The zero-order valence-corrected chi connectivity index (χ0v) is 16.2. The fourth-order valence-electron chi connectivity index (χ4n) is 2.50. The summed E-state index contributed by atoms with van der Waals surface area (Å²) in [7, 11) is 1.92. The molecule has 5 nitrogen and oxygen atoms in total. The molecular weight excluding hydrogens is 404 g/mol. The third kappa shape index (κ3) is 4.46. The number of para-hydroxylation sites is 2. The molecule has 3 N–H and O–H groups in total. The molecule has 0 aliphatic heterocycles. The van der Waals surface area contributed by atoms with E-state index >= 15 is 0 Å². The van der Waals surface area contributed by atoms with Crippen LogP contribution in [0.5, 0.6) is 5.75 Å². The number of guanidine groups is 1. The molecule has 0 aliphatic carbocycles. The summed E-state index contributed by atoms with van der Waals surface area (Å²) in [6, 6.07) is 24.4. The number of rotatable bonds is 3. The van der Waals surface area contributed by atoms with Gasteiger partial charge in [0.2, 0.25) is 0 Å². The van der Waals surface area contributed by atoms with Gasteiger partial charge in [-0.15, -0.1) is 0 Å². The van der Waals surface area contributed by atoms with Crippen molar-refractivity contribution >= 4 is 39.0 Å². The Bertz CT molecular complexity index is 1030. The van der Waals surface area contributed by atoms with Gasteiger partial charge < -0.3 is 5.11 Å². The lowest BCUT2D eigenvalue weighted by Crippen LogP contribution is -2.30. The molecule has 0 fully saturated rings. The first kappa shape index (κ1) is 18.5. The van der Waals surface area contributed by atoms with Gasteiger partial charge in [-0.2, -0.15) is 5.26 Å². The van der Waals surface area contributed by atoms with Crippen LogP contribution in [0.1, 0.15) is 5.56 Å². The van der Waals surface area contributed by atoms with E-state index < -0.39 is 0 Å². The monoisotopic (exact) mass is 421 g/mol. The van der Waals surface area contributed by atoms with Gasteiger partial charge in [-0.1, -0.05) is 30.3 Å². The number of benzene rings is 3. The summed E-state index contributed by atoms with van der Waals surface area (Å²) in [6.45, 7) is 0. The largest absolute Gasteiger partial charge is 0.504 e.